The number of benzene rings is 1. The first kappa shape index (κ1) is 12.2. The van der Waals surface area contributed by atoms with E-state index in [-0.39, 0.29) is 0 Å². The molecule has 0 amide bonds. The Bertz CT molecular complexity index is 450. The average molecular weight is 221 g/mol. The Balaban J connectivity index is 3.06. The van der Waals surface area contributed by atoms with E-state index in [0.717, 1.165) is 0 Å². The number of nitriles is 1. The smallest absolute Gasteiger partial charge is 0.335 e. The molecule has 0 aliphatic carbocycles. The monoisotopic (exact) mass is 221 g/mol. The zero-order valence-electron chi connectivity index (χ0n) is 8.58. The first-order valence-electron chi connectivity index (χ1n) is 4.57. The van der Waals surface area contributed by atoms with Crippen LogP contribution in [0.1, 0.15) is 22.8 Å². The van der Waals surface area contributed by atoms with Gasteiger partial charge in [-0.15, -0.1) is 0 Å². The molecule has 1 aromatic rings. The van der Waals surface area contributed by atoms with Gasteiger partial charge in [0, 0.05) is 0 Å². The summed E-state index contributed by atoms with van der Waals surface area (Å²) in [5, 5.41) is 36.0. The Labute approximate surface area is 92.2 Å². The molecule has 0 heterocycles. The van der Waals surface area contributed by atoms with Gasteiger partial charge in [-0.05, 0) is 30.2 Å². The number of aliphatic hydroxyl groups excluding tert-OH is 2. The van der Waals surface area contributed by atoms with E-state index in [4.69, 9.17) is 10.4 Å². The molecule has 0 radical (unpaired) electrons. The molecule has 0 spiro atoms. The summed E-state index contributed by atoms with van der Waals surface area (Å²) in [5.41, 5.74) is 1.28. The molecule has 16 heavy (non-hydrogen) atoms. The van der Waals surface area contributed by atoms with Gasteiger partial charge in [-0.25, -0.2) is 4.79 Å². The third kappa shape index (κ3) is 2.37. The van der Waals surface area contributed by atoms with Crippen LogP contribution in [0.5, 0.6) is 0 Å². The van der Waals surface area contributed by atoms with Crippen molar-refractivity contribution in [3.05, 3.63) is 34.9 Å². The number of aryl methyl sites for hydroxylation is 1. The van der Waals surface area contributed by atoms with Gasteiger partial charge in [-0.1, -0.05) is 6.07 Å². The van der Waals surface area contributed by atoms with E-state index in [9.17, 15) is 15.0 Å². The molecule has 0 bridgehead atoms. The van der Waals surface area contributed by atoms with Gasteiger partial charge < -0.3 is 15.3 Å². The molecule has 0 aromatic heterocycles. The second kappa shape index (κ2) is 4.75. The van der Waals surface area contributed by atoms with E-state index in [1.54, 1.807) is 6.92 Å². The fourth-order valence-electron chi connectivity index (χ4n) is 1.38. The van der Waals surface area contributed by atoms with E-state index >= 15 is 0 Å². The van der Waals surface area contributed by atoms with Gasteiger partial charge in [0.05, 0.1) is 11.6 Å². The third-order valence-corrected chi connectivity index (χ3v) is 2.27. The standard InChI is InChI=1S/C11H11NO4/c1-6-4-7(5-12)2-3-8(6)9(13)10(14)11(15)16/h2-4,9-10,13-14H,1H3,(H,15,16). The molecule has 0 aliphatic heterocycles. The van der Waals surface area contributed by atoms with Crippen molar-refractivity contribution in [2.75, 3.05) is 0 Å². The Morgan fingerprint density at radius 3 is 2.50 bits per heavy atom. The van der Waals surface area contributed by atoms with Crippen molar-refractivity contribution in [3.63, 3.8) is 0 Å². The summed E-state index contributed by atoms with van der Waals surface area (Å²) in [5.74, 6) is -1.49. The largest absolute Gasteiger partial charge is 0.479 e. The van der Waals surface area contributed by atoms with Crippen molar-refractivity contribution >= 4 is 5.97 Å². The van der Waals surface area contributed by atoms with Crippen LogP contribution in [0.4, 0.5) is 0 Å². The van der Waals surface area contributed by atoms with Crippen molar-refractivity contribution in [2.45, 2.75) is 19.1 Å². The van der Waals surface area contributed by atoms with Gasteiger partial charge >= 0.3 is 5.97 Å². The summed E-state index contributed by atoms with van der Waals surface area (Å²) in [6.07, 6.45) is -3.36. The predicted octanol–water partition coefficient (Wildman–Crippen LogP) is 0.346. The van der Waals surface area contributed by atoms with Crippen LogP contribution in [0.25, 0.3) is 0 Å². The molecule has 5 nitrogen and oxygen atoms in total. The third-order valence-electron chi connectivity index (χ3n) is 2.27. The highest BCUT2D eigenvalue weighted by molar-refractivity contribution is 5.73. The van der Waals surface area contributed by atoms with Gasteiger partial charge in [0.1, 0.15) is 6.10 Å². The molecule has 0 fully saturated rings. The zero-order valence-corrected chi connectivity index (χ0v) is 8.58. The molecule has 2 unspecified atom stereocenters. The van der Waals surface area contributed by atoms with Crippen LogP contribution in [-0.4, -0.2) is 27.4 Å². The Hall–Kier alpha value is -1.90. The Morgan fingerprint density at radius 2 is 2.06 bits per heavy atom. The van der Waals surface area contributed by atoms with Crippen molar-refractivity contribution in [3.8, 4) is 6.07 Å². The summed E-state index contributed by atoms with van der Waals surface area (Å²) >= 11 is 0. The SMILES string of the molecule is Cc1cc(C#N)ccc1C(O)C(O)C(=O)O. The molecule has 1 rings (SSSR count). The van der Waals surface area contributed by atoms with Gasteiger partial charge in [0.2, 0.25) is 0 Å². The molecule has 0 saturated carbocycles. The lowest BCUT2D eigenvalue weighted by molar-refractivity contribution is -0.153. The fourth-order valence-corrected chi connectivity index (χ4v) is 1.38. The summed E-state index contributed by atoms with van der Waals surface area (Å²) in [4.78, 5) is 10.5. The minimum absolute atomic E-state index is 0.300. The van der Waals surface area contributed by atoms with E-state index in [0.29, 0.717) is 16.7 Å². The topological polar surface area (TPSA) is 102 Å². The molecule has 0 saturated heterocycles. The number of hydrogen-bond acceptors (Lipinski definition) is 4. The average Bonchev–Trinajstić information content (AvgIpc) is 2.26. The quantitative estimate of drug-likeness (QED) is 0.683. The van der Waals surface area contributed by atoms with E-state index in [1.807, 2.05) is 6.07 Å². The van der Waals surface area contributed by atoms with Crippen molar-refractivity contribution < 1.29 is 20.1 Å². The van der Waals surface area contributed by atoms with Crippen LogP contribution in [0.3, 0.4) is 0 Å². The van der Waals surface area contributed by atoms with Gasteiger partial charge in [-0.3, -0.25) is 0 Å². The van der Waals surface area contributed by atoms with Crippen molar-refractivity contribution in [1.29, 1.82) is 5.26 Å². The van der Waals surface area contributed by atoms with Crippen LogP contribution >= 0.6 is 0 Å². The zero-order chi connectivity index (χ0) is 12.3. The summed E-state index contributed by atoms with van der Waals surface area (Å²) < 4.78 is 0. The fraction of sp³-hybridized carbons (Fsp3) is 0.273. The normalized spacial score (nSPS) is 13.9. The number of carboxylic acid groups (broad SMARTS) is 1. The number of hydrogen-bond donors (Lipinski definition) is 3. The Morgan fingerprint density at radius 1 is 1.44 bits per heavy atom. The maximum absolute atomic E-state index is 10.5. The number of carbonyl (C=O) groups is 1. The number of rotatable bonds is 3. The Kier molecular flexibility index (Phi) is 3.61. The van der Waals surface area contributed by atoms with Crippen LogP contribution in [0.15, 0.2) is 18.2 Å². The first-order chi connectivity index (χ1) is 7.47. The lowest BCUT2D eigenvalue weighted by atomic mass is 9.98. The first-order valence-corrected chi connectivity index (χ1v) is 4.57. The maximum Gasteiger partial charge on any atom is 0.335 e. The number of aliphatic hydroxyl groups is 2. The van der Waals surface area contributed by atoms with Crippen molar-refractivity contribution in [1.82, 2.24) is 0 Å². The van der Waals surface area contributed by atoms with Crippen LogP contribution in [0.2, 0.25) is 0 Å². The molecule has 0 aliphatic rings. The van der Waals surface area contributed by atoms with Gasteiger partial charge in [-0.2, -0.15) is 5.26 Å². The van der Waals surface area contributed by atoms with Crippen LogP contribution < -0.4 is 0 Å². The molecule has 3 N–H and O–H groups in total. The number of carboxylic acids is 1. The van der Waals surface area contributed by atoms with Gasteiger partial charge in [0.25, 0.3) is 0 Å². The predicted molar refractivity (Wildman–Crippen MR) is 54.5 cm³/mol. The van der Waals surface area contributed by atoms with Crippen molar-refractivity contribution in [2.24, 2.45) is 0 Å². The highest BCUT2D eigenvalue weighted by Gasteiger charge is 2.26. The minimum Gasteiger partial charge on any atom is -0.479 e. The van der Waals surface area contributed by atoms with Crippen LogP contribution in [-0.2, 0) is 4.79 Å². The minimum atomic E-state index is -1.87. The molecule has 84 valence electrons. The second-order valence-corrected chi connectivity index (χ2v) is 3.41. The lowest BCUT2D eigenvalue weighted by Crippen LogP contribution is -2.27. The van der Waals surface area contributed by atoms with Gasteiger partial charge in [0.15, 0.2) is 6.10 Å². The summed E-state index contributed by atoms with van der Waals surface area (Å²) in [6, 6.07) is 6.34. The van der Waals surface area contributed by atoms with E-state index in [1.165, 1.54) is 18.2 Å². The van der Waals surface area contributed by atoms with E-state index < -0.39 is 18.2 Å². The molecule has 1 aromatic carbocycles. The lowest BCUT2D eigenvalue weighted by Gasteiger charge is -2.16. The highest BCUT2D eigenvalue weighted by Crippen LogP contribution is 2.21. The molecular weight excluding hydrogens is 210 g/mol. The maximum atomic E-state index is 10.5. The number of nitrogens with zero attached hydrogens (tertiary/aromatic N) is 1. The van der Waals surface area contributed by atoms with Crippen LogP contribution in [0, 0.1) is 18.3 Å². The molecule has 2 atom stereocenters. The second-order valence-electron chi connectivity index (χ2n) is 3.41. The summed E-state index contributed by atoms with van der Waals surface area (Å²) in [7, 11) is 0. The molecule has 5 heteroatoms. The number of aliphatic carboxylic acids is 1. The molecular formula is C11H11NO4. The summed E-state index contributed by atoms with van der Waals surface area (Å²) in [6.45, 7) is 1.63. The highest BCUT2D eigenvalue weighted by atomic mass is 16.4. The van der Waals surface area contributed by atoms with E-state index in [2.05, 4.69) is 0 Å².